The summed E-state index contributed by atoms with van der Waals surface area (Å²) in [6.07, 6.45) is 0.333. The van der Waals surface area contributed by atoms with Gasteiger partial charge in [0, 0.05) is 11.8 Å². The van der Waals surface area contributed by atoms with Crippen LogP contribution in [0.4, 0.5) is 0 Å². The van der Waals surface area contributed by atoms with E-state index in [2.05, 4.69) is 13.8 Å². The molecule has 1 aliphatic heterocycles. The van der Waals surface area contributed by atoms with Gasteiger partial charge in [-0.1, -0.05) is 13.8 Å². The smallest absolute Gasteiger partial charge is 0.547 e. The molecular formula is C25H37NaO8. The zero-order valence-electron chi connectivity index (χ0n) is 20.5. The molecule has 5 aliphatic rings. The van der Waals surface area contributed by atoms with Crippen molar-refractivity contribution in [2.45, 2.75) is 108 Å². The van der Waals surface area contributed by atoms with E-state index in [0.29, 0.717) is 29.5 Å². The van der Waals surface area contributed by atoms with Crippen LogP contribution in [0.15, 0.2) is 0 Å². The van der Waals surface area contributed by atoms with Crippen molar-refractivity contribution in [2.24, 2.45) is 34.5 Å². The van der Waals surface area contributed by atoms with Crippen LogP contribution >= 0.6 is 0 Å². The average molecular weight is 489 g/mol. The van der Waals surface area contributed by atoms with Gasteiger partial charge in [-0.05, 0) is 80.5 Å². The fourth-order valence-electron chi connectivity index (χ4n) is 8.46. The van der Waals surface area contributed by atoms with Gasteiger partial charge in [0.2, 0.25) is 0 Å². The minimum atomic E-state index is -1.77. The Morgan fingerprint density at radius 2 is 1.74 bits per heavy atom. The summed E-state index contributed by atoms with van der Waals surface area (Å²) in [5, 5.41) is 41.5. The second-order valence-corrected chi connectivity index (χ2v) is 11.8. The molecule has 0 radical (unpaired) electrons. The van der Waals surface area contributed by atoms with E-state index in [4.69, 9.17) is 9.47 Å². The first-order valence-electron chi connectivity index (χ1n) is 12.7. The molecule has 0 aromatic heterocycles. The van der Waals surface area contributed by atoms with Crippen molar-refractivity contribution in [3.05, 3.63) is 0 Å². The summed E-state index contributed by atoms with van der Waals surface area (Å²) in [6, 6.07) is 0. The first-order chi connectivity index (χ1) is 15.6. The second-order valence-electron chi connectivity index (χ2n) is 11.8. The Morgan fingerprint density at radius 1 is 1.00 bits per heavy atom. The Morgan fingerprint density at radius 3 is 2.44 bits per heavy atom. The van der Waals surface area contributed by atoms with Gasteiger partial charge in [0.15, 0.2) is 6.29 Å². The zero-order valence-corrected chi connectivity index (χ0v) is 22.5. The van der Waals surface area contributed by atoms with Crippen molar-refractivity contribution in [2.75, 3.05) is 0 Å². The molecule has 0 amide bonds. The Hall–Kier alpha value is -0.0600. The van der Waals surface area contributed by atoms with Gasteiger partial charge in [0.1, 0.15) is 30.2 Å². The summed E-state index contributed by atoms with van der Waals surface area (Å²) >= 11 is 0. The van der Waals surface area contributed by atoms with E-state index >= 15 is 0 Å². The van der Waals surface area contributed by atoms with E-state index in [0.717, 1.165) is 57.8 Å². The van der Waals surface area contributed by atoms with Crippen molar-refractivity contribution in [3.63, 3.8) is 0 Å². The molecule has 12 atom stereocenters. The number of aliphatic hydroxyl groups excluding tert-OH is 3. The van der Waals surface area contributed by atoms with E-state index in [9.17, 15) is 30.0 Å². The van der Waals surface area contributed by atoms with Gasteiger partial charge in [-0.25, -0.2) is 0 Å². The summed E-state index contributed by atoms with van der Waals surface area (Å²) in [7, 11) is 0. The summed E-state index contributed by atoms with van der Waals surface area (Å²) < 4.78 is 11.3. The predicted octanol–water partition coefficient (Wildman–Crippen LogP) is -2.46. The first-order valence-corrected chi connectivity index (χ1v) is 12.7. The van der Waals surface area contributed by atoms with Crippen molar-refractivity contribution >= 4 is 11.8 Å². The van der Waals surface area contributed by atoms with E-state index < -0.39 is 36.7 Å². The maximum atomic E-state index is 12.6. The van der Waals surface area contributed by atoms with Crippen LogP contribution < -0.4 is 34.7 Å². The number of ether oxygens (including phenoxy) is 2. The number of carboxylic acids is 1. The molecular weight excluding hydrogens is 451 g/mol. The number of carbonyl (C=O) groups is 2. The molecule has 1 heterocycles. The van der Waals surface area contributed by atoms with Gasteiger partial charge in [0.05, 0.1) is 12.1 Å². The van der Waals surface area contributed by atoms with Crippen LogP contribution in [0.3, 0.4) is 0 Å². The van der Waals surface area contributed by atoms with Gasteiger partial charge in [-0.15, -0.1) is 0 Å². The monoisotopic (exact) mass is 488 g/mol. The molecule has 5 rings (SSSR count). The van der Waals surface area contributed by atoms with Crippen molar-refractivity contribution in [1.82, 2.24) is 0 Å². The Bertz CT molecular complexity index is 808. The zero-order chi connectivity index (χ0) is 23.7. The molecule has 186 valence electrons. The third kappa shape index (κ3) is 4.14. The van der Waals surface area contributed by atoms with Crippen molar-refractivity contribution in [1.29, 1.82) is 0 Å². The summed E-state index contributed by atoms with van der Waals surface area (Å²) in [6.45, 7) is 4.60. The van der Waals surface area contributed by atoms with Crippen LogP contribution in [0.25, 0.3) is 0 Å². The van der Waals surface area contributed by atoms with Crippen LogP contribution in [-0.2, 0) is 19.1 Å². The standard InChI is InChI=1S/C25H38O8.Na/c1-24-9-7-13(32-23-20(29)18(27)19(28)21(33-23)22(30)31)11-12(24)3-4-14-15-5-6-17(26)25(15,2)10-8-16(14)24;/h12-16,18-21,23,27-29H,3-11H2,1-2H3,(H,30,31);/q;+1/p-1/t12-,13-,14-,15-,16-,18-,19-,20+,21-,23+,24-,25-;/m0./s1. The minimum Gasteiger partial charge on any atom is -0.547 e. The van der Waals surface area contributed by atoms with Crippen molar-refractivity contribution in [3.8, 4) is 0 Å². The van der Waals surface area contributed by atoms with E-state index in [1.165, 1.54) is 0 Å². The van der Waals surface area contributed by atoms with Gasteiger partial charge >= 0.3 is 29.6 Å². The van der Waals surface area contributed by atoms with E-state index in [1.807, 2.05) is 0 Å². The van der Waals surface area contributed by atoms with Crippen LogP contribution in [0.2, 0.25) is 0 Å². The average Bonchev–Trinajstić information content (AvgIpc) is 3.08. The number of hydrogen-bond acceptors (Lipinski definition) is 8. The Kier molecular flexibility index (Phi) is 7.68. The maximum absolute atomic E-state index is 12.6. The second kappa shape index (κ2) is 9.67. The summed E-state index contributed by atoms with van der Waals surface area (Å²) in [5.74, 6) is 0.993. The topological polar surface area (TPSA) is 136 Å². The first kappa shape index (κ1) is 27.0. The summed E-state index contributed by atoms with van der Waals surface area (Å²) in [5.41, 5.74) is 0.0606. The number of aliphatic hydroxyl groups is 3. The number of aliphatic carboxylic acids is 1. The SMILES string of the molecule is C[C@]12CC[C@H](O[C@@H]3O[C@H](C(=O)[O-])[C@@H](O)[C@H](O)[C@H]3O)C[C@@H]1CC[C@@H]1[C@@H]2CC[C@]2(C)C(=O)CC[C@@H]12.[Na+]. The Balaban J connectivity index is 0.00000274. The third-order valence-electron chi connectivity index (χ3n) is 10.5. The molecule has 0 aromatic rings. The van der Waals surface area contributed by atoms with Crippen LogP contribution in [-0.4, -0.2) is 63.9 Å². The quantitative estimate of drug-likeness (QED) is 0.294. The molecule has 4 aliphatic carbocycles. The van der Waals surface area contributed by atoms with E-state index in [-0.39, 0.29) is 46.5 Å². The molecule has 9 heteroatoms. The summed E-state index contributed by atoms with van der Waals surface area (Å²) in [4.78, 5) is 23.9. The number of carbonyl (C=O) groups excluding carboxylic acids is 2. The molecule has 0 bridgehead atoms. The third-order valence-corrected chi connectivity index (χ3v) is 10.5. The fourth-order valence-corrected chi connectivity index (χ4v) is 8.46. The van der Waals surface area contributed by atoms with Gasteiger partial charge in [0.25, 0.3) is 0 Å². The van der Waals surface area contributed by atoms with Crippen LogP contribution in [0.5, 0.6) is 0 Å². The fraction of sp³-hybridized carbons (Fsp3) is 0.920. The van der Waals surface area contributed by atoms with Crippen LogP contribution in [0, 0.1) is 34.5 Å². The largest absolute Gasteiger partial charge is 1.00 e. The number of carboxylic acid groups (broad SMARTS) is 1. The van der Waals surface area contributed by atoms with Crippen molar-refractivity contribution < 1.29 is 69.0 Å². The molecule has 0 aromatic carbocycles. The molecule has 8 nitrogen and oxygen atoms in total. The number of rotatable bonds is 3. The molecule has 0 spiro atoms. The number of Topliss-reactive ketones (excluding diaryl/α,β-unsaturated/α-hetero) is 1. The molecule has 1 saturated heterocycles. The normalized spacial score (nSPS) is 52.7. The molecule has 5 fully saturated rings. The van der Waals surface area contributed by atoms with E-state index in [1.54, 1.807) is 0 Å². The minimum absolute atomic E-state index is 0. The van der Waals surface area contributed by atoms with Gasteiger partial charge < -0.3 is 34.7 Å². The van der Waals surface area contributed by atoms with Gasteiger partial charge in [-0.2, -0.15) is 0 Å². The molecule has 0 unspecified atom stereocenters. The number of ketones is 1. The Labute approximate surface area is 223 Å². The molecule has 34 heavy (non-hydrogen) atoms. The van der Waals surface area contributed by atoms with Crippen LogP contribution in [0.1, 0.15) is 71.6 Å². The maximum Gasteiger partial charge on any atom is 1.00 e. The predicted molar refractivity (Wildman–Crippen MR) is 113 cm³/mol. The molecule has 3 N–H and O–H groups in total. The number of hydrogen-bond donors (Lipinski definition) is 3. The molecule has 4 saturated carbocycles. The number of fused-ring (bicyclic) bond motifs is 5. The van der Waals surface area contributed by atoms with Gasteiger partial charge in [-0.3, -0.25) is 4.79 Å².